The van der Waals surface area contributed by atoms with E-state index in [0.29, 0.717) is 23.8 Å². The fourth-order valence-corrected chi connectivity index (χ4v) is 1.60. The van der Waals surface area contributed by atoms with E-state index in [0.717, 1.165) is 5.56 Å². The molecule has 0 fully saturated rings. The fraction of sp³-hybridized carbons (Fsp3) is 0.182. The molecule has 5 nitrogen and oxygen atoms in total. The Morgan fingerprint density at radius 3 is 2.82 bits per heavy atom. The van der Waals surface area contributed by atoms with Crippen LogP contribution < -0.4 is 0 Å². The minimum atomic E-state index is -1.22. The van der Waals surface area contributed by atoms with Gasteiger partial charge in [-0.1, -0.05) is 23.7 Å². The maximum atomic E-state index is 10.5. The summed E-state index contributed by atoms with van der Waals surface area (Å²) in [4.78, 5) is 10.5. The first-order chi connectivity index (χ1) is 8.15. The molecule has 0 aliphatic rings. The van der Waals surface area contributed by atoms with Gasteiger partial charge < -0.3 is 9.52 Å². The van der Waals surface area contributed by atoms with Gasteiger partial charge in [-0.3, -0.25) is 0 Å². The van der Waals surface area contributed by atoms with Crippen molar-refractivity contribution >= 4 is 17.6 Å². The summed E-state index contributed by atoms with van der Waals surface area (Å²) < 4.78 is 4.94. The van der Waals surface area contributed by atoms with E-state index < -0.39 is 5.97 Å². The molecule has 88 valence electrons. The van der Waals surface area contributed by atoms with E-state index in [1.54, 1.807) is 6.07 Å². The van der Waals surface area contributed by atoms with Crippen LogP contribution in [-0.4, -0.2) is 21.3 Å². The largest absolute Gasteiger partial charge is 0.474 e. The molecule has 1 N–H and O–H groups in total. The molecule has 0 atom stereocenters. The molecule has 0 saturated carbocycles. The summed E-state index contributed by atoms with van der Waals surface area (Å²) in [5.74, 6) is -1.29. The monoisotopic (exact) mass is 252 g/mol. The Balaban J connectivity index is 2.00. The fourth-order valence-electron chi connectivity index (χ4n) is 1.38. The molecule has 0 saturated heterocycles. The molecule has 2 aromatic rings. The molecular formula is C11H9ClN2O3. The molecule has 1 aromatic carbocycles. The van der Waals surface area contributed by atoms with Crippen LogP contribution in [0.15, 0.2) is 28.7 Å². The van der Waals surface area contributed by atoms with Crippen molar-refractivity contribution in [3.8, 4) is 0 Å². The highest BCUT2D eigenvalue weighted by molar-refractivity contribution is 6.30. The van der Waals surface area contributed by atoms with Crippen LogP contribution in [-0.2, 0) is 12.8 Å². The predicted molar refractivity (Wildman–Crippen MR) is 60.1 cm³/mol. The number of aromatic carboxylic acids is 1. The Morgan fingerprint density at radius 2 is 2.18 bits per heavy atom. The summed E-state index contributed by atoms with van der Waals surface area (Å²) in [5, 5.41) is 16.3. The molecule has 0 aliphatic heterocycles. The summed E-state index contributed by atoms with van der Waals surface area (Å²) in [5.41, 5.74) is 1.03. The standard InChI is InChI=1S/C11H9ClN2O3/c12-8-3-1-2-7(6-8)4-5-9-13-14-10(17-9)11(15)16/h1-3,6H,4-5H2,(H,15,16). The minimum absolute atomic E-state index is 0.308. The van der Waals surface area contributed by atoms with Gasteiger partial charge in [0.05, 0.1) is 0 Å². The summed E-state index contributed by atoms with van der Waals surface area (Å²) in [6, 6.07) is 7.42. The molecule has 0 bridgehead atoms. The van der Waals surface area contributed by atoms with Crippen LogP contribution in [0.3, 0.4) is 0 Å². The van der Waals surface area contributed by atoms with E-state index in [2.05, 4.69) is 10.2 Å². The zero-order chi connectivity index (χ0) is 12.3. The molecule has 6 heteroatoms. The third-order valence-corrected chi connectivity index (χ3v) is 2.40. The number of aromatic nitrogens is 2. The van der Waals surface area contributed by atoms with Gasteiger partial charge in [0, 0.05) is 11.4 Å². The number of benzene rings is 1. The van der Waals surface area contributed by atoms with E-state index in [-0.39, 0.29) is 5.89 Å². The molecule has 1 heterocycles. The maximum Gasteiger partial charge on any atom is 0.393 e. The van der Waals surface area contributed by atoms with Crippen molar-refractivity contribution < 1.29 is 14.3 Å². The van der Waals surface area contributed by atoms with Crippen LogP contribution in [0.5, 0.6) is 0 Å². The second-order valence-electron chi connectivity index (χ2n) is 3.44. The van der Waals surface area contributed by atoms with Gasteiger partial charge >= 0.3 is 11.9 Å². The summed E-state index contributed by atoms with van der Waals surface area (Å²) in [7, 11) is 0. The van der Waals surface area contributed by atoms with Gasteiger partial charge in [0.15, 0.2) is 0 Å². The highest BCUT2D eigenvalue weighted by Crippen LogP contribution is 2.13. The van der Waals surface area contributed by atoms with Crippen LogP contribution in [0.25, 0.3) is 0 Å². The van der Waals surface area contributed by atoms with E-state index in [1.807, 2.05) is 18.2 Å². The predicted octanol–water partition coefficient (Wildman–Crippen LogP) is 2.21. The Hall–Kier alpha value is -1.88. The molecular weight excluding hydrogens is 244 g/mol. The van der Waals surface area contributed by atoms with Gasteiger partial charge in [0.25, 0.3) is 0 Å². The number of aryl methyl sites for hydroxylation is 2. The normalized spacial score (nSPS) is 10.4. The van der Waals surface area contributed by atoms with Crippen LogP contribution in [0, 0.1) is 0 Å². The Bertz CT molecular complexity index is 539. The van der Waals surface area contributed by atoms with Gasteiger partial charge in [-0.15, -0.1) is 10.2 Å². The van der Waals surface area contributed by atoms with Crippen LogP contribution >= 0.6 is 11.6 Å². The van der Waals surface area contributed by atoms with Crippen LogP contribution in [0.1, 0.15) is 22.1 Å². The van der Waals surface area contributed by atoms with Crippen molar-refractivity contribution in [2.45, 2.75) is 12.8 Å². The van der Waals surface area contributed by atoms with E-state index in [4.69, 9.17) is 21.1 Å². The number of nitrogens with zero attached hydrogens (tertiary/aromatic N) is 2. The molecule has 2 rings (SSSR count). The van der Waals surface area contributed by atoms with Gasteiger partial charge in [-0.2, -0.15) is 0 Å². The topological polar surface area (TPSA) is 76.2 Å². The highest BCUT2D eigenvalue weighted by atomic mass is 35.5. The number of halogens is 1. The molecule has 17 heavy (non-hydrogen) atoms. The number of rotatable bonds is 4. The number of carboxylic acids is 1. The third kappa shape index (κ3) is 3.04. The van der Waals surface area contributed by atoms with E-state index in [1.165, 1.54) is 0 Å². The Morgan fingerprint density at radius 1 is 1.35 bits per heavy atom. The lowest BCUT2D eigenvalue weighted by molar-refractivity contribution is 0.0651. The van der Waals surface area contributed by atoms with Gasteiger partial charge in [-0.25, -0.2) is 4.79 Å². The van der Waals surface area contributed by atoms with E-state index in [9.17, 15) is 4.79 Å². The summed E-state index contributed by atoms with van der Waals surface area (Å²) in [6.07, 6.45) is 1.16. The molecule has 0 amide bonds. The number of carboxylic acid groups (broad SMARTS) is 1. The number of hydrogen-bond acceptors (Lipinski definition) is 4. The van der Waals surface area contributed by atoms with Crippen molar-refractivity contribution in [1.82, 2.24) is 10.2 Å². The van der Waals surface area contributed by atoms with Crippen LogP contribution in [0.2, 0.25) is 5.02 Å². The molecule has 1 aromatic heterocycles. The van der Waals surface area contributed by atoms with Crippen molar-refractivity contribution in [2.75, 3.05) is 0 Å². The lowest BCUT2D eigenvalue weighted by Crippen LogP contribution is -1.95. The first-order valence-electron chi connectivity index (χ1n) is 4.95. The van der Waals surface area contributed by atoms with Gasteiger partial charge in [0.2, 0.25) is 5.89 Å². The number of hydrogen-bond donors (Lipinski definition) is 1. The molecule has 0 radical (unpaired) electrons. The summed E-state index contributed by atoms with van der Waals surface area (Å²) >= 11 is 5.84. The summed E-state index contributed by atoms with van der Waals surface area (Å²) in [6.45, 7) is 0. The first-order valence-corrected chi connectivity index (χ1v) is 5.33. The zero-order valence-electron chi connectivity index (χ0n) is 8.76. The maximum absolute atomic E-state index is 10.5. The quantitative estimate of drug-likeness (QED) is 0.903. The first kappa shape index (κ1) is 11.6. The second kappa shape index (κ2) is 4.97. The highest BCUT2D eigenvalue weighted by Gasteiger charge is 2.12. The minimum Gasteiger partial charge on any atom is -0.474 e. The average Bonchev–Trinajstić information content (AvgIpc) is 2.75. The van der Waals surface area contributed by atoms with Gasteiger partial charge in [-0.05, 0) is 24.1 Å². The van der Waals surface area contributed by atoms with Crippen molar-refractivity contribution in [2.24, 2.45) is 0 Å². The average molecular weight is 253 g/mol. The molecule has 0 spiro atoms. The Labute approximate surface area is 102 Å². The smallest absolute Gasteiger partial charge is 0.393 e. The van der Waals surface area contributed by atoms with Gasteiger partial charge in [0.1, 0.15) is 0 Å². The van der Waals surface area contributed by atoms with Crippen molar-refractivity contribution in [3.05, 3.63) is 46.6 Å². The second-order valence-corrected chi connectivity index (χ2v) is 3.87. The third-order valence-electron chi connectivity index (χ3n) is 2.17. The van der Waals surface area contributed by atoms with Crippen molar-refractivity contribution in [1.29, 1.82) is 0 Å². The SMILES string of the molecule is O=C(O)c1nnc(CCc2cccc(Cl)c2)o1. The van der Waals surface area contributed by atoms with Crippen LogP contribution in [0.4, 0.5) is 0 Å². The lowest BCUT2D eigenvalue weighted by Gasteiger charge is -1.98. The lowest BCUT2D eigenvalue weighted by atomic mass is 10.1. The van der Waals surface area contributed by atoms with E-state index >= 15 is 0 Å². The molecule has 0 aliphatic carbocycles. The van der Waals surface area contributed by atoms with Crippen molar-refractivity contribution in [3.63, 3.8) is 0 Å². The number of carbonyl (C=O) groups is 1. The molecule has 0 unspecified atom stereocenters. The zero-order valence-corrected chi connectivity index (χ0v) is 9.52. The Kier molecular flexibility index (Phi) is 3.39.